The number of methoxy groups -OCH3 is 1. The van der Waals surface area contributed by atoms with Gasteiger partial charge in [0.15, 0.2) is 0 Å². The summed E-state index contributed by atoms with van der Waals surface area (Å²) in [6.45, 7) is 1.99. The fraction of sp³-hybridized carbons (Fsp3) is 0.133. The van der Waals surface area contributed by atoms with Crippen molar-refractivity contribution in [2.24, 2.45) is 5.73 Å². The van der Waals surface area contributed by atoms with Gasteiger partial charge < -0.3 is 15.2 Å². The molecule has 2 aromatic carbocycles. The maximum absolute atomic E-state index is 5.80. The number of aryl methyl sites for hydroxylation is 1. The molecule has 98 valence electrons. The molecule has 3 nitrogen and oxygen atoms in total. The van der Waals surface area contributed by atoms with Gasteiger partial charge in [-0.15, -0.1) is 0 Å². The standard InChI is InChI=1S/C15H15NO2S/c1-10-3-8-14(13(9-10)15(16)19)18-12-6-4-11(17-2)5-7-12/h3-9H,1-2H3,(H2,16,19). The van der Waals surface area contributed by atoms with Gasteiger partial charge in [-0.1, -0.05) is 23.8 Å². The van der Waals surface area contributed by atoms with E-state index in [4.69, 9.17) is 27.4 Å². The SMILES string of the molecule is COc1ccc(Oc2ccc(C)cc2C(N)=S)cc1. The van der Waals surface area contributed by atoms with Crippen LogP contribution in [0.4, 0.5) is 0 Å². The van der Waals surface area contributed by atoms with Gasteiger partial charge in [-0.3, -0.25) is 0 Å². The highest BCUT2D eigenvalue weighted by atomic mass is 32.1. The van der Waals surface area contributed by atoms with Gasteiger partial charge in [-0.05, 0) is 43.3 Å². The number of hydrogen-bond donors (Lipinski definition) is 1. The fourth-order valence-electron chi connectivity index (χ4n) is 1.70. The summed E-state index contributed by atoms with van der Waals surface area (Å²) in [7, 11) is 1.63. The number of hydrogen-bond acceptors (Lipinski definition) is 3. The summed E-state index contributed by atoms with van der Waals surface area (Å²) in [6.07, 6.45) is 0. The Labute approximate surface area is 118 Å². The van der Waals surface area contributed by atoms with Crippen LogP contribution in [-0.2, 0) is 0 Å². The minimum atomic E-state index is 0.326. The topological polar surface area (TPSA) is 44.5 Å². The fourth-order valence-corrected chi connectivity index (χ4v) is 1.86. The van der Waals surface area contributed by atoms with Crippen LogP contribution in [-0.4, -0.2) is 12.1 Å². The number of nitrogens with two attached hydrogens (primary N) is 1. The third-order valence-electron chi connectivity index (χ3n) is 2.69. The Bertz CT molecular complexity index is 594. The summed E-state index contributed by atoms with van der Waals surface area (Å²) in [6, 6.07) is 13.1. The van der Waals surface area contributed by atoms with E-state index in [9.17, 15) is 0 Å². The molecule has 0 spiro atoms. The first-order chi connectivity index (χ1) is 9.10. The number of benzene rings is 2. The zero-order chi connectivity index (χ0) is 13.8. The van der Waals surface area contributed by atoms with E-state index in [0.717, 1.165) is 16.9 Å². The molecule has 0 aliphatic rings. The zero-order valence-electron chi connectivity index (χ0n) is 10.8. The van der Waals surface area contributed by atoms with Gasteiger partial charge in [0.2, 0.25) is 0 Å². The van der Waals surface area contributed by atoms with Gasteiger partial charge >= 0.3 is 0 Å². The van der Waals surface area contributed by atoms with Crippen molar-refractivity contribution < 1.29 is 9.47 Å². The van der Waals surface area contributed by atoms with Gasteiger partial charge in [0.25, 0.3) is 0 Å². The van der Waals surface area contributed by atoms with Crippen LogP contribution in [0, 0.1) is 6.92 Å². The van der Waals surface area contributed by atoms with E-state index < -0.39 is 0 Å². The molecule has 0 aliphatic heterocycles. The van der Waals surface area contributed by atoms with Crippen molar-refractivity contribution in [2.75, 3.05) is 7.11 Å². The van der Waals surface area contributed by atoms with E-state index in [1.54, 1.807) is 7.11 Å². The van der Waals surface area contributed by atoms with Crippen LogP contribution in [0.3, 0.4) is 0 Å². The second-order valence-corrected chi connectivity index (χ2v) is 4.58. The Morgan fingerprint density at radius 1 is 1.05 bits per heavy atom. The monoisotopic (exact) mass is 273 g/mol. The summed E-state index contributed by atoms with van der Waals surface area (Å²) in [5, 5.41) is 0. The molecule has 0 saturated heterocycles. The molecule has 0 unspecified atom stereocenters. The molecule has 0 radical (unpaired) electrons. The van der Waals surface area contributed by atoms with Crippen molar-refractivity contribution in [2.45, 2.75) is 6.92 Å². The largest absolute Gasteiger partial charge is 0.497 e. The van der Waals surface area contributed by atoms with Gasteiger partial charge in [0, 0.05) is 0 Å². The quantitative estimate of drug-likeness (QED) is 0.867. The molecule has 0 amide bonds. The van der Waals surface area contributed by atoms with Crippen LogP contribution < -0.4 is 15.2 Å². The van der Waals surface area contributed by atoms with Gasteiger partial charge in [-0.25, -0.2) is 0 Å². The van der Waals surface area contributed by atoms with Crippen LogP contribution in [0.1, 0.15) is 11.1 Å². The van der Waals surface area contributed by atoms with Crippen molar-refractivity contribution in [3.8, 4) is 17.2 Å². The van der Waals surface area contributed by atoms with Crippen molar-refractivity contribution >= 4 is 17.2 Å². The Kier molecular flexibility index (Phi) is 4.02. The summed E-state index contributed by atoms with van der Waals surface area (Å²) in [5.41, 5.74) is 7.54. The maximum Gasteiger partial charge on any atom is 0.137 e. The highest BCUT2D eigenvalue weighted by Crippen LogP contribution is 2.27. The minimum absolute atomic E-state index is 0.326. The number of thiocarbonyl (C=S) groups is 1. The molecule has 0 saturated carbocycles. The third-order valence-corrected chi connectivity index (χ3v) is 2.91. The lowest BCUT2D eigenvalue weighted by Gasteiger charge is -2.11. The molecule has 0 fully saturated rings. The lowest BCUT2D eigenvalue weighted by molar-refractivity contribution is 0.413. The van der Waals surface area contributed by atoms with Crippen LogP contribution in [0.15, 0.2) is 42.5 Å². The smallest absolute Gasteiger partial charge is 0.137 e. The molecule has 2 rings (SSSR count). The molecule has 0 atom stereocenters. The van der Waals surface area contributed by atoms with E-state index in [1.165, 1.54) is 0 Å². The second kappa shape index (κ2) is 5.71. The average Bonchev–Trinajstić information content (AvgIpc) is 2.41. The molecular formula is C15H15NO2S. The van der Waals surface area contributed by atoms with E-state index in [-0.39, 0.29) is 0 Å². The van der Waals surface area contributed by atoms with E-state index in [0.29, 0.717) is 16.5 Å². The zero-order valence-corrected chi connectivity index (χ0v) is 11.7. The highest BCUT2D eigenvalue weighted by molar-refractivity contribution is 7.80. The second-order valence-electron chi connectivity index (χ2n) is 4.14. The van der Waals surface area contributed by atoms with Gasteiger partial charge in [0.05, 0.1) is 12.7 Å². The van der Waals surface area contributed by atoms with Crippen molar-refractivity contribution in [1.29, 1.82) is 0 Å². The first-order valence-corrected chi connectivity index (χ1v) is 6.23. The molecule has 0 bridgehead atoms. The summed E-state index contributed by atoms with van der Waals surface area (Å²) < 4.78 is 10.9. The summed E-state index contributed by atoms with van der Waals surface area (Å²) in [4.78, 5) is 0.326. The van der Waals surface area contributed by atoms with Crippen molar-refractivity contribution in [1.82, 2.24) is 0 Å². The Morgan fingerprint density at radius 3 is 2.26 bits per heavy atom. The van der Waals surface area contributed by atoms with Crippen molar-refractivity contribution in [3.63, 3.8) is 0 Å². The third kappa shape index (κ3) is 3.23. The molecule has 2 N–H and O–H groups in total. The molecule has 19 heavy (non-hydrogen) atoms. The normalized spacial score (nSPS) is 10.0. The Morgan fingerprint density at radius 2 is 1.68 bits per heavy atom. The van der Waals surface area contributed by atoms with Gasteiger partial charge in [-0.2, -0.15) is 0 Å². The first-order valence-electron chi connectivity index (χ1n) is 5.82. The molecule has 4 heteroatoms. The minimum Gasteiger partial charge on any atom is -0.497 e. The van der Waals surface area contributed by atoms with Crippen LogP contribution in [0.5, 0.6) is 17.2 Å². The average molecular weight is 273 g/mol. The first kappa shape index (κ1) is 13.4. The molecule has 0 aliphatic carbocycles. The molecule has 0 heterocycles. The molecular weight excluding hydrogens is 258 g/mol. The highest BCUT2D eigenvalue weighted by Gasteiger charge is 2.08. The predicted octanol–water partition coefficient (Wildman–Crippen LogP) is 3.43. The summed E-state index contributed by atoms with van der Waals surface area (Å²) >= 11 is 5.04. The summed E-state index contributed by atoms with van der Waals surface area (Å²) in [5.74, 6) is 2.15. The van der Waals surface area contributed by atoms with E-state index >= 15 is 0 Å². The molecule has 0 aromatic heterocycles. The Hall–Kier alpha value is -2.07. The maximum atomic E-state index is 5.80. The number of rotatable bonds is 4. The molecule has 2 aromatic rings. The van der Waals surface area contributed by atoms with Gasteiger partial charge in [0.1, 0.15) is 22.2 Å². The van der Waals surface area contributed by atoms with Crippen LogP contribution in [0.25, 0.3) is 0 Å². The predicted molar refractivity (Wildman–Crippen MR) is 80.1 cm³/mol. The van der Waals surface area contributed by atoms with E-state index in [1.807, 2.05) is 49.4 Å². The van der Waals surface area contributed by atoms with Crippen LogP contribution >= 0.6 is 12.2 Å². The van der Waals surface area contributed by atoms with Crippen LogP contribution in [0.2, 0.25) is 0 Å². The van der Waals surface area contributed by atoms with E-state index in [2.05, 4.69) is 0 Å². The number of ether oxygens (including phenoxy) is 2. The lowest BCUT2D eigenvalue weighted by atomic mass is 10.1. The lowest BCUT2D eigenvalue weighted by Crippen LogP contribution is -2.11. The Balaban J connectivity index is 2.29. The van der Waals surface area contributed by atoms with Crippen molar-refractivity contribution in [3.05, 3.63) is 53.6 Å².